The smallest absolute Gasteiger partial charge is 0.0887 e. The fourth-order valence-corrected chi connectivity index (χ4v) is 2.16. The van der Waals surface area contributed by atoms with Crippen LogP contribution in [0.5, 0.6) is 0 Å². The van der Waals surface area contributed by atoms with Gasteiger partial charge in [0, 0.05) is 32.4 Å². The molecule has 0 amide bonds. The molecule has 0 atom stereocenters. The maximum atomic E-state index is 4.50. The van der Waals surface area contributed by atoms with Crippen molar-refractivity contribution in [3.63, 3.8) is 0 Å². The van der Waals surface area contributed by atoms with Gasteiger partial charge in [-0.05, 0) is 24.3 Å². The minimum absolute atomic E-state index is 0. The summed E-state index contributed by atoms with van der Waals surface area (Å²) in [5.74, 6) is 0. The zero-order valence-electron chi connectivity index (χ0n) is 11.0. The second kappa shape index (κ2) is 8.04. The van der Waals surface area contributed by atoms with Crippen molar-refractivity contribution in [3.8, 4) is 11.4 Å². The first-order valence-corrected chi connectivity index (χ1v) is 6.26. The Morgan fingerprint density at radius 3 is 2.25 bits per heavy atom. The molecule has 1 saturated heterocycles. The molecular weight excluding hydrogens is 295 g/mol. The Bertz CT molecular complexity index is 498. The monoisotopic (exact) mass is 312 g/mol. The number of aromatic nitrogens is 2. The highest BCUT2D eigenvalue weighted by molar-refractivity contribution is 5.85. The van der Waals surface area contributed by atoms with Crippen LogP contribution in [0.15, 0.2) is 42.7 Å². The van der Waals surface area contributed by atoms with E-state index in [0.717, 1.165) is 37.6 Å². The van der Waals surface area contributed by atoms with Crippen LogP contribution in [0.25, 0.3) is 11.4 Å². The third kappa shape index (κ3) is 3.82. The third-order valence-electron chi connectivity index (χ3n) is 3.16. The van der Waals surface area contributed by atoms with Gasteiger partial charge < -0.3 is 10.2 Å². The first-order chi connectivity index (χ1) is 8.93. The van der Waals surface area contributed by atoms with Crippen LogP contribution in [-0.4, -0.2) is 36.1 Å². The summed E-state index contributed by atoms with van der Waals surface area (Å²) in [4.78, 5) is 11.2. The summed E-state index contributed by atoms with van der Waals surface area (Å²) >= 11 is 0. The summed E-state index contributed by atoms with van der Waals surface area (Å²) < 4.78 is 0. The summed E-state index contributed by atoms with van der Waals surface area (Å²) in [6.45, 7) is 4.18. The molecule has 0 unspecified atom stereocenters. The normalized spacial score (nSPS) is 14.1. The predicted molar refractivity (Wildman–Crippen MR) is 87.0 cm³/mol. The number of pyridine rings is 2. The second-order valence-electron chi connectivity index (χ2n) is 4.35. The quantitative estimate of drug-likeness (QED) is 0.924. The molecule has 3 heterocycles. The molecule has 1 fully saturated rings. The molecule has 3 rings (SSSR count). The lowest BCUT2D eigenvalue weighted by Crippen LogP contribution is -2.43. The highest BCUT2D eigenvalue weighted by atomic mass is 35.5. The van der Waals surface area contributed by atoms with Crippen LogP contribution < -0.4 is 10.2 Å². The summed E-state index contributed by atoms with van der Waals surface area (Å²) in [5, 5.41) is 3.35. The van der Waals surface area contributed by atoms with Gasteiger partial charge in [0.25, 0.3) is 0 Å². The summed E-state index contributed by atoms with van der Waals surface area (Å²) in [6, 6.07) is 10.0. The second-order valence-corrected chi connectivity index (χ2v) is 4.35. The van der Waals surface area contributed by atoms with Crippen LogP contribution in [-0.2, 0) is 0 Å². The number of nitrogens with one attached hydrogen (secondary N) is 1. The molecule has 0 bridgehead atoms. The van der Waals surface area contributed by atoms with Crippen molar-refractivity contribution in [3.05, 3.63) is 42.7 Å². The predicted octanol–water partition coefficient (Wildman–Crippen LogP) is 2.40. The van der Waals surface area contributed by atoms with Crippen LogP contribution in [0.1, 0.15) is 0 Å². The molecule has 6 heteroatoms. The van der Waals surface area contributed by atoms with Gasteiger partial charge in [-0.15, -0.1) is 24.8 Å². The topological polar surface area (TPSA) is 41.0 Å². The van der Waals surface area contributed by atoms with Gasteiger partial charge >= 0.3 is 0 Å². The number of piperazine rings is 1. The highest BCUT2D eigenvalue weighted by Crippen LogP contribution is 2.18. The Balaban J connectivity index is 0.000001000. The number of rotatable bonds is 2. The number of nitrogens with zero attached hydrogens (tertiary/aromatic N) is 3. The van der Waals surface area contributed by atoms with Gasteiger partial charge in [0.05, 0.1) is 23.3 Å². The van der Waals surface area contributed by atoms with E-state index in [1.807, 2.05) is 30.5 Å². The molecule has 2 aromatic rings. The van der Waals surface area contributed by atoms with Crippen LogP contribution in [0.3, 0.4) is 0 Å². The zero-order valence-corrected chi connectivity index (χ0v) is 12.7. The largest absolute Gasteiger partial charge is 0.368 e. The standard InChI is InChI=1S/C14H16N4.2ClH/c1-2-6-16-13(3-1)14-5-4-12(11-17-14)18-9-7-15-8-10-18;;/h1-6,11,15H,7-10H2;2*1H. The van der Waals surface area contributed by atoms with Crippen molar-refractivity contribution in [1.29, 1.82) is 0 Å². The highest BCUT2D eigenvalue weighted by Gasteiger charge is 2.10. The molecule has 1 aliphatic rings. The van der Waals surface area contributed by atoms with E-state index in [9.17, 15) is 0 Å². The first-order valence-electron chi connectivity index (χ1n) is 6.26. The van der Waals surface area contributed by atoms with Crippen molar-refractivity contribution in [1.82, 2.24) is 15.3 Å². The average molecular weight is 313 g/mol. The molecule has 1 N–H and O–H groups in total. The van der Waals surface area contributed by atoms with Gasteiger partial charge in [-0.25, -0.2) is 0 Å². The van der Waals surface area contributed by atoms with Crippen LogP contribution in [0.2, 0.25) is 0 Å². The lowest BCUT2D eigenvalue weighted by atomic mass is 10.2. The molecule has 108 valence electrons. The molecule has 0 saturated carbocycles. The van der Waals surface area contributed by atoms with E-state index in [-0.39, 0.29) is 24.8 Å². The molecule has 0 radical (unpaired) electrons. The Labute approximate surface area is 131 Å². The van der Waals surface area contributed by atoms with Crippen molar-refractivity contribution in [2.45, 2.75) is 0 Å². The van der Waals surface area contributed by atoms with Crippen LogP contribution >= 0.6 is 24.8 Å². The maximum absolute atomic E-state index is 4.50. The van der Waals surface area contributed by atoms with E-state index in [1.165, 1.54) is 5.69 Å². The molecule has 0 aliphatic carbocycles. The van der Waals surface area contributed by atoms with Crippen molar-refractivity contribution < 1.29 is 0 Å². The Morgan fingerprint density at radius 1 is 0.900 bits per heavy atom. The van der Waals surface area contributed by atoms with E-state index in [2.05, 4.69) is 26.3 Å². The van der Waals surface area contributed by atoms with Crippen LogP contribution in [0, 0.1) is 0 Å². The van der Waals surface area contributed by atoms with Crippen molar-refractivity contribution >= 4 is 30.5 Å². The summed E-state index contributed by atoms with van der Waals surface area (Å²) in [5.41, 5.74) is 3.04. The van der Waals surface area contributed by atoms with Gasteiger partial charge in [0.15, 0.2) is 0 Å². The molecule has 2 aromatic heterocycles. The maximum Gasteiger partial charge on any atom is 0.0887 e. The third-order valence-corrected chi connectivity index (χ3v) is 3.16. The Kier molecular flexibility index (Phi) is 6.71. The molecular formula is C14H18Cl2N4. The minimum atomic E-state index is 0. The lowest BCUT2D eigenvalue weighted by Gasteiger charge is -2.29. The van der Waals surface area contributed by atoms with Gasteiger partial charge in [-0.3, -0.25) is 9.97 Å². The van der Waals surface area contributed by atoms with Crippen LogP contribution in [0.4, 0.5) is 5.69 Å². The van der Waals surface area contributed by atoms with E-state index >= 15 is 0 Å². The molecule has 4 nitrogen and oxygen atoms in total. The van der Waals surface area contributed by atoms with Crippen molar-refractivity contribution in [2.24, 2.45) is 0 Å². The average Bonchev–Trinajstić information content (AvgIpc) is 2.49. The fraction of sp³-hybridized carbons (Fsp3) is 0.286. The van der Waals surface area contributed by atoms with Gasteiger partial charge in [0.2, 0.25) is 0 Å². The number of halogens is 2. The fourth-order valence-electron chi connectivity index (χ4n) is 2.16. The lowest BCUT2D eigenvalue weighted by molar-refractivity contribution is 0.589. The summed E-state index contributed by atoms with van der Waals surface area (Å²) in [7, 11) is 0. The molecule has 20 heavy (non-hydrogen) atoms. The Morgan fingerprint density at radius 2 is 1.65 bits per heavy atom. The van der Waals surface area contributed by atoms with E-state index in [4.69, 9.17) is 0 Å². The first kappa shape index (κ1) is 16.7. The zero-order chi connectivity index (χ0) is 12.2. The van der Waals surface area contributed by atoms with Gasteiger partial charge in [-0.1, -0.05) is 6.07 Å². The van der Waals surface area contributed by atoms with E-state index < -0.39 is 0 Å². The number of anilines is 1. The van der Waals surface area contributed by atoms with E-state index in [0.29, 0.717) is 0 Å². The minimum Gasteiger partial charge on any atom is -0.368 e. The van der Waals surface area contributed by atoms with E-state index in [1.54, 1.807) is 6.20 Å². The Hall–Kier alpha value is -1.36. The summed E-state index contributed by atoms with van der Waals surface area (Å²) in [6.07, 6.45) is 3.73. The number of hydrogen-bond donors (Lipinski definition) is 1. The van der Waals surface area contributed by atoms with Gasteiger partial charge in [0.1, 0.15) is 0 Å². The molecule has 1 aliphatic heterocycles. The molecule has 0 spiro atoms. The van der Waals surface area contributed by atoms with Gasteiger partial charge in [-0.2, -0.15) is 0 Å². The molecule has 0 aromatic carbocycles. The van der Waals surface area contributed by atoms with Crippen molar-refractivity contribution in [2.75, 3.05) is 31.1 Å². The SMILES string of the molecule is Cl.Cl.c1ccc(-c2ccc(N3CCNCC3)cn2)nc1. The number of hydrogen-bond acceptors (Lipinski definition) is 4.